The molecule has 0 atom stereocenters. The first-order chi connectivity index (χ1) is 9.72. The van der Waals surface area contributed by atoms with Crippen molar-refractivity contribution in [3.8, 4) is 0 Å². The molecule has 3 rings (SSSR count). The Morgan fingerprint density at radius 3 is 2.70 bits per heavy atom. The smallest absolute Gasteiger partial charge is 0.276 e. The number of piperidine rings is 1. The molecule has 1 amide bonds. The van der Waals surface area contributed by atoms with E-state index in [1.165, 1.54) is 0 Å². The Kier molecular flexibility index (Phi) is 4.03. The van der Waals surface area contributed by atoms with Crippen molar-refractivity contribution in [2.45, 2.75) is 38.3 Å². The summed E-state index contributed by atoms with van der Waals surface area (Å²) in [6, 6.07) is 1.76. The zero-order chi connectivity index (χ0) is 13.9. The molecule has 6 heteroatoms. The second-order valence-electron chi connectivity index (χ2n) is 5.69. The van der Waals surface area contributed by atoms with Gasteiger partial charge in [-0.25, -0.2) is 0 Å². The fourth-order valence-corrected chi connectivity index (χ4v) is 2.87. The topological polar surface area (TPSA) is 69.8 Å². The van der Waals surface area contributed by atoms with Crippen molar-refractivity contribution in [2.75, 3.05) is 26.2 Å². The molecule has 1 N–H and O–H groups in total. The second-order valence-corrected chi connectivity index (χ2v) is 5.69. The lowest BCUT2D eigenvalue weighted by atomic mass is 10.1. The largest absolute Gasteiger partial charge is 0.393 e. The quantitative estimate of drug-likeness (QED) is 0.889. The van der Waals surface area contributed by atoms with Crippen molar-refractivity contribution in [1.29, 1.82) is 0 Å². The van der Waals surface area contributed by atoms with Crippen LogP contribution >= 0.6 is 0 Å². The van der Waals surface area contributed by atoms with E-state index in [0.717, 1.165) is 57.6 Å². The minimum Gasteiger partial charge on any atom is -0.393 e. The average Bonchev–Trinajstić information content (AvgIpc) is 3.12. The Balaban J connectivity index is 1.57. The number of likely N-dealkylation sites (tertiary alicyclic amines) is 2. The third-order valence-corrected chi connectivity index (χ3v) is 4.11. The lowest BCUT2D eigenvalue weighted by Crippen LogP contribution is -2.35. The van der Waals surface area contributed by atoms with Gasteiger partial charge in [-0.2, -0.15) is 0 Å². The Bertz CT molecular complexity index is 460. The summed E-state index contributed by atoms with van der Waals surface area (Å²) in [5, 5.41) is 13.4. The molecule has 3 heterocycles. The van der Waals surface area contributed by atoms with Crippen LogP contribution in [-0.4, -0.2) is 58.3 Å². The molecule has 20 heavy (non-hydrogen) atoms. The van der Waals surface area contributed by atoms with Gasteiger partial charge in [-0.3, -0.25) is 9.69 Å². The summed E-state index contributed by atoms with van der Waals surface area (Å²) >= 11 is 0. The zero-order valence-corrected chi connectivity index (χ0v) is 11.6. The number of nitrogens with zero attached hydrogens (tertiary/aromatic N) is 3. The lowest BCUT2D eigenvalue weighted by molar-refractivity contribution is 0.0744. The van der Waals surface area contributed by atoms with Crippen molar-refractivity contribution in [3.05, 3.63) is 17.5 Å². The molecule has 0 aromatic carbocycles. The Morgan fingerprint density at radius 2 is 2.00 bits per heavy atom. The van der Waals surface area contributed by atoms with Gasteiger partial charge in [-0.1, -0.05) is 5.16 Å². The summed E-state index contributed by atoms with van der Waals surface area (Å²) in [5.41, 5.74) is 0.416. The highest BCUT2D eigenvalue weighted by Gasteiger charge is 2.24. The first-order valence-corrected chi connectivity index (χ1v) is 7.37. The number of amides is 1. The normalized spacial score (nSPS) is 21.6. The fourth-order valence-electron chi connectivity index (χ4n) is 2.87. The SMILES string of the molecule is O=C(c1cc(CN2CCC(O)CC2)on1)N1CCCC1. The van der Waals surface area contributed by atoms with Gasteiger partial charge in [0.05, 0.1) is 12.6 Å². The predicted molar refractivity (Wildman–Crippen MR) is 72.2 cm³/mol. The lowest BCUT2D eigenvalue weighted by Gasteiger charge is -2.28. The van der Waals surface area contributed by atoms with Crippen LogP contribution in [0.15, 0.2) is 10.6 Å². The minimum atomic E-state index is -0.173. The van der Waals surface area contributed by atoms with Crippen molar-refractivity contribution < 1.29 is 14.4 Å². The maximum Gasteiger partial charge on any atom is 0.276 e. The molecule has 1 aromatic heterocycles. The van der Waals surface area contributed by atoms with Gasteiger partial charge in [-0.15, -0.1) is 0 Å². The molecule has 2 aliphatic heterocycles. The monoisotopic (exact) mass is 279 g/mol. The fraction of sp³-hybridized carbons (Fsp3) is 0.714. The number of carbonyl (C=O) groups is 1. The van der Waals surface area contributed by atoms with Gasteiger partial charge in [0.2, 0.25) is 0 Å². The van der Waals surface area contributed by atoms with Crippen molar-refractivity contribution in [3.63, 3.8) is 0 Å². The van der Waals surface area contributed by atoms with E-state index in [2.05, 4.69) is 10.1 Å². The van der Waals surface area contributed by atoms with Crippen molar-refractivity contribution >= 4 is 5.91 Å². The first kappa shape index (κ1) is 13.6. The van der Waals surface area contributed by atoms with Crippen molar-refractivity contribution in [1.82, 2.24) is 15.0 Å². The van der Waals surface area contributed by atoms with E-state index in [9.17, 15) is 9.90 Å². The predicted octanol–water partition coefficient (Wildman–Crippen LogP) is 0.867. The van der Waals surface area contributed by atoms with E-state index < -0.39 is 0 Å². The van der Waals surface area contributed by atoms with E-state index in [-0.39, 0.29) is 12.0 Å². The molecule has 0 radical (unpaired) electrons. The van der Waals surface area contributed by atoms with Crippen LogP contribution in [0, 0.1) is 0 Å². The van der Waals surface area contributed by atoms with Crippen LogP contribution in [-0.2, 0) is 6.54 Å². The van der Waals surface area contributed by atoms with Crippen molar-refractivity contribution in [2.24, 2.45) is 0 Å². The first-order valence-electron chi connectivity index (χ1n) is 7.37. The highest BCUT2D eigenvalue weighted by atomic mass is 16.5. The van der Waals surface area contributed by atoms with Gasteiger partial charge < -0.3 is 14.5 Å². The molecule has 2 fully saturated rings. The Labute approximate surface area is 118 Å². The maximum absolute atomic E-state index is 12.2. The molecule has 6 nitrogen and oxygen atoms in total. The molecule has 1 aromatic rings. The molecule has 0 saturated carbocycles. The maximum atomic E-state index is 12.2. The number of aliphatic hydroxyl groups excluding tert-OH is 1. The molecular weight excluding hydrogens is 258 g/mol. The summed E-state index contributed by atoms with van der Waals surface area (Å²) in [7, 11) is 0. The van der Waals surface area contributed by atoms with E-state index in [1.54, 1.807) is 6.07 Å². The third-order valence-electron chi connectivity index (χ3n) is 4.11. The standard InChI is InChI=1S/C14H21N3O3/c18-11-3-7-16(8-4-11)10-12-9-13(15-20-12)14(19)17-5-1-2-6-17/h9,11,18H,1-8,10H2. The van der Waals surface area contributed by atoms with Gasteiger partial charge in [-0.05, 0) is 25.7 Å². The Hall–Kier alpha value is -1.40. The highest BCUT2D eigenvalue weighted by Crippen LogP contribution is 2.16. The molecular formula is C14H21N3O3. The molecule has 110 valence electrons. The summed E-state index contributed by atoms with van der Waals surface area (Å²) in [6.07, 6.45) is 3.58. The van der Waals surface area contributed by atoms with Crippen LogP contribution in [0.1, 0.15) is 41.9 Å². The number of aliphatic hydroxyl groups is 1. The van der Waals surface area contributed by atoms with Crippen LogP contribution in [0.25, 0.3) is 0 Å². The molecule has 2 saturated heterocycles. The van der Waals surface area contributed by atoms with Crippen LogP contribution in [0.3, 0.4) is 0 Å². The number of aromatic nitrogens is 1. The van der Waals surface area contributed by atoms with Crippen LogP contribution in [0.5, 0.6) is 0 Å². The third kappa shape index (κ3) is 3.02. The van der Waals surface area contributed by atoms with Gasteiger partial charge in [0, 0.05) is 32.2 Å². The molecule has 0 spiro atoms. The number of rotatable bonds is 3. The number of hydrogen-bond acceptors (Lipinski definition) is 5. The van der Waals surface area contributed by atoms with Crippen LogP contribution in [0.2, 0.25) is 0 Å². The van der Waals surface area contributed by atoms with E-state index in [1.807, 2.05) is 4.90 Å². The number of hydrogen-bond donors (Lipinski definition) is 1. The van der Waals surface area contributed by atoms with Crippen LogP contribution < -0.4 is 0 Å². The van der Waals surface area contributed by atoms with Gasteiger partial charge in [0.25, 0.3) is 5.91 Å². The minimum absolute atomic E-state index is 0.0217. The van der Waals surface area contributed by atoms with Crippen LogP contribution in [0.4, 0.5) is 0 Å². The Morgan fingerprint density at radius 1 is 1.30 bits per heavy atom. The summed E-state index contributed by atoms with van der Waals surface area (Å²) in [6.45, 7) is 4.03. The molecule has 0 bridgehead atoms. The summed E-state index contributed by atoms with van der Waals surface area (Å²) < 4.78 is 5.27. The number of carbonyl (C=O) groups excluding carboxylic acids is 1. The van der Waals surface area contributed by atoms with Gasteiger partial charge >= 0.3 is 0 Å². The second kappa shape index (κ2) is 5.93. The van der Waals surface area contributed by atoms with E-state index in [4.69, 9.17) is 4.52 Å². The van der Waals surface area contributed by atoms with Gasteiger partial charge in [0.15, 0.2) is 11.5 Å². The molecule has 0 aliphatic carbocycles. The average molecular weight is 279 g/mol. The summed E-state index contributed by atoms with van der Waals surface area (Å²) in [4.78, 5) is 16.2. The van der Waals surface area contributed by atoms with E-state index in [0.29, 0.717) is 12.2 Å². The highest BCUT2D eigenvalue weighted by molar-refractivity contribution is 5.92. The van der Waals surface area contributed by atoms with E-state index >= 15 is 0 Å². The molecule has 2 aliphatic rings. The zero-order valence-electron chi connectivity index (χ0n) is 11.6. The molecule has 0 unspecified atom stereocenters. The summed E-state index contributed by atoms with van der Waals surface area (Å²) in [5.74, 6) is 0.704. The van der Waals surface area contributed by atoms with Gasteiger partial charge in [0.1, 0.15) is 0 Å².